The fourth-order valence-electron chi connectivity index (χ4n) is 1.37. The summed E-state index contributed by atoms with van der Waals surface area (Å²) < 4.78 is 5.03. The summed E-state index contributed by atoms with van der Waals surface area (Å²) in [7, 11) is 0. The Morgan fingerprint density at radius 2 is 1.90 bits per heavy atom. The average molecular weight is 277 g/mol. The highest BCUT2D eigenvalue weighted by atomic mass is 16.6. The third-order valence-electron chi connectivity index (χ3n) is 2.24. The minimum absolute atomic E-state index is 0.0232. The number of hydrogen-bond donors (Lipinski definition) is 0. The third-order valence-corrected chi connectivity index (χ3v) is 2.24. The van der Waals surface area contributed by atoms with Gasteiger partial charge >= 0.3 is 5.97 Å². The molecule has 0 aromatic heterocycles. The molecule has 106 valence electrons. The van der Waals surface area contributed by atoms with Crippen LogP contribution in [0.5, 0.6) is 0 Å². The van der Waals surface area contributed by atoms with Crippen molar-refractivity contribution < 1.29 is 19.2 Å². The van der Waals surface area contributed by atoms with Crippen molar-refractivity contribution in [1.29, 1.82) is 0 Å². The van der Waals surface area contributed by atoms with Gasteiger partial charge in [-0.2, -0.15) is 0 Å². The lowest BCUT2D eigenvalue weighted by atomic mass is 10.0. The number of nitro groups is 1. The number of nitro benzene ring substituents is 1. The van der Waals surface area contributed by atoms with E-state index in [9.17, 15) is 19.7 Å². The number of hydrogen-bond acceptors (Lipinski definition) is 5. The highest BCUT2D eigenvalue weighted by molar-refractivity contribution is 6.23. The van der Waals surface area contributed by atoms with Gasteiger partial charge in [-0.1, -0.05) is 18.7 Å². The van der Waals surface area contributed by atoms with Crippen LogP contribution in [0.4, 0.5) is 5.69 Å². The molecule has 0 radical (unpaired) electrons. The normalized spacial score (nSPS) is 10.8. The van der Waals surface area contributed by atoms with Gasteiger partial charge in [0, 0.05) is 17.7 Å². The van der Waals surface area contributed by atoms with Crippen LogP contribution in [0.2, 0.25) is 0 Å². The smallest absolute Gasteiger partial charge is 0.342 e. The fourth-order valence-corrected chi connectivity index (χ4v) is 1.37. The van der Waals surface area contributed by atoms with Gasteiger partial charge in [-0.15, -0.1) is 0 Å². The van der Waals surface area contributed by atoms with E-state index in [2.05, 4.69) is 6.58 Å². The SMILES string of the molecule is C=C(C(=O)OC(C)(C)C)C(=O)c1cccc([N+](=O)[O-])c1. The number of non-ortho nitro benzene ring substituents is 1. The molecule has 6 nitrogen and oxygen atoms in total. The van der Waals surface area contributed by atoms with Crippen LogP contribution in [0, 0.1) is 10.1 Å². The predicted molar refractivity (Wildman–Crippen MR) is 72.4 cm³/mol. The largest absolute Gasteiger partial charge is 0.456 e. The van der Waals surface area contributed by atoms with Gasteiger partial charge in [0.05, 0.1) is 4.92 Å². The van der Waals surface area contributed by atoms with Crippen LogP contribution < -0.4 is 0 Å². The lowest BCUT2D eigenvalue weighted by Gasteiger charge is -2.19. The maximum atomic E-state index is 12.0. The second kappa shape index (κ2) is 5.64. The Kier molecular flexibility index (Phi) is 4.39. The van der Waals surface area contributed by atoms with Crippen LogP contribution in [0.1, 0.15) is 31.1 Å². The zero-order valence-corrected chi connectivity index (χ0v) is 11.5. The number of nitrogens with zero attached hydrogens (tertiary/aromatic N) is 1. The molecule has 0 aliphatic carbocycles. The number of benzene rings is 1. The van der Waals surface area contributed by atoms with Crippen LogP contribution in [-0.4, -0.2) is 22.3 Å². The van der Waals surface area contributed by atoms with Crippen LogP contribution in [-0.2, 0) is 9.53 Å². The lowest BCUT2D eigenvalue weighted by Crippen LogP contribution is -2.26. The van der Waals surface area contributed by atoms with Crippen molar-refractivity contribution in [2.75, 3.05) is 0 Å². The molecule has 20 heavy (non-hydrogen) atoms. The molecule has 0 heterocycles. The number of carbonyl (C=O) groups excluding carboxylic acids is 2. The maximum absolute atomic E-state index is 12.0. The van der Waals surface area contributed by atoms with E-state index in [0.717, 1.165) is 6.07 Å². The molecular formula is C14H15NO5. The van der Waals surface area contributed by atoms with Crippen molar-refractivity contribution in [3.63, 3.8) is 0 Å². The highest BCUT2D eigenvalue weighted by Gasteiger charge is 2.24. The van der Waals surface area contributed by atoms with Gasteiger partial charge in [-0.05, 0) is 20.8 Å². The van der Waals surface area contributed by atoms with Crippen LogP contribution in [0.25, 0.3) is 0 Å². The summed E-state index contributed by atoms with van der Waals surface area (Å²) in [6, 6.07) is 5.10. The molecule has 1 rings (SSSR count). The maximum Gasteiger partial charge on any atom is 0.342 e. The number of rotatable bonds is 4. The summed E-state index contributed by atoms with van der Waals surface area (Å²) in [6.07, 6.45) is 0. The molecular weight excluding hydrogens is 262 g/mol. The second-order valence-electron chi connectivity index (χ2n) is 5.12. The van der Waals surface area contributed by atoms with Crippen molar-refractivity contribution in [3.8, 4) is 0 Å². The van der Waals surface area contributed by atoms with Crippen molar-refractivity contribution in [2.45, 2.75) is 26.4 Å². The first-order valence-corrected chi connectivity index (χ1v) is 5.83. The molecule has 0 N–H and O–H groups in total. The van der Waals surface area contributed by atoms with Gasteiger partial charge in [0.2, 0.25) is 0 Å². The summed E-state index contributed by atoms with van der Waals surface area (Å²) in [5.41, 5.74) is -1.31. The Bertz CT molecular complexity index is 583. The molecule has 6 heteroatoms. The minimum Gasteiger partial charge on any atom is -0.456 e. The third kappa shape index (κ3) is 4.01. The minimum atomic E-state index is -0.839. The zero-order chi connectivity index (χ0) is 15.5. The Hall–Kier alpha value is -2.50. The zero-order valence-electron chi connectivity index (χ0n) is 11.5. The van der Waals surface area contributed by atoms with Crippen molar-refractivity contribution >= 4 is 17.4 Å². The van der Waals surface area contributed by atoms with E-state index in [1.54, 1.807) is 20.8 Å². The molecule has 0 spiro atoms. The Morgan fingerprint density at radius 3 is 2.40 bits per heavy atom. The van der Waals surface area contributed by atoms with Gasteiger partial charge in [-0.3, -0.25) is 14.9 Å². The van der Waals surface area contributed by atoms with Gasteiger partial charge in [0.25, 0.3) is 5.69 Å². The summed E-state index contributed by atoms with van der Waals surface area (Å²) in [5.74, 6) is -1.53. The molecule has 0 bridgehead atoms. The van der Waals surface area contributed by atoms with Gasteiger partial charge in [0.15, 0.2) is 5.78 Å². The van der Waals surface area contributed by atoms with Crippen molar-refractivity contribution in [2.24, 2.45) is 0 Å². The van der Waals surface area contributed by atoms with Crippen molar-refractivity contribution in [1.82, 2.24) is 0 Å². The number of ketones is 1. The molecule has 0 atom stereocenters. The summed E-state index contributed by atoms with van der Waals surface area (Å²) >= 11 is 0. The topological polar surface area (TPSA) is 86.5 Å². The summed E-state index contributed by atoms with van der Waals surface area (Å²) in [5, 5.41) is 10.6. The number of esters is 1. The van der Waals surface area contributed by atoms with Gasteiger partial charge in [-0.25, -0.2) is 4.79 Å². The molecule has 1 aromatic carbocycles. The quantitative estimate of drug-likeness (QED) is 0.161. The van der Waals surface area contributed by atoms with Crippen LogP contribution in [0.15, 0.2) is 36.4 Å². The van der Waals surface area contributed by atoms with Crippen molar-refractivity contribution in [3.05, 3.63) is 52.1 Å². The van der Waals surface area contributed by atoms with E-state index in [4.69, 9.17) is 4.74 Å². The molecule has 0 aliphatic rings. The van der Waals surface area contributed by atoms with E-state index in [1.807, 2.05) is 0 Å². The number of Topliss-reactive ketones (excluding diaryl/α,β-unsaturated/α-hetero) is 1. The molecule has 0 amide bonds. The standard InChI is InChI=1S/C14H15NO5/c1-9(13(17)20-14(2,3)4)12(16)10-6-5-7-11(8-10)15(18)19/h5-8H,1H2,2-4H3. The van der Waals surface area contributed by atoms with E-state index in [-0.39, 0.29) is 16.8 Å². The van der Waals surface area contributed by atoms with Crippen LogP contribution >= 0.6 is 0 Å². The number of ether oxygens (including phenoxy) is 1. The average Bonchev–Trinajstić information content (AvgIpc) is 2.35. The molecule has 0 saturated carbocycles. The Labute approximate surface area is 116 Å². The Morgan fingerprint density at radius 1 is 1.30 bits per heavy atom. The van der Waals surface area contributed by atoms with E-state index in [1.165, 1.54) is 18.2 Å². The van der Waals surface area contributed by atoms with Gasteiger partial charge < -0.3 is 4.74 Å². The summed E-state index contributed by atoms with van der Waals surface area (Å²) in [4.78, 5) is 33.8. The van der Waals surface area contributed by atoms with E-state index >= 15 is 0 Å². The highest BCUT2D eigenvalue weighted by Crippen LogP contribution is 2.17. The predicted octanol–water partition coefficient (Wildman–Crippen LogP) is 2.68. The van der Waals surface area contributed by atoms with Crippen LogP contribution in [0.3, 0.4) is 0 Å². The monoisotopic (exact) mass is 277 g/mol. The molecule has 0 aliphatic heterocycles. The summed E-state index contributed by atoms with van der Waals surface area (Å²) in [6.45, 7) is 8.38. The van der Waals surface area contributed by atoms with Gasteiger partial charge in [0.1, 0.15) is 11.2 Å². The molecule has 1 aromatic rings. The fraction of sp³-hybridized carbons (Fsp3) is 0.286. The molecule has 0 saturated heterocycles. The first-order valence-electron chi connectivity index (χ1n) is 5.83. The lowest BCUT2D eigenvalue weighted by molar-refractivity contribution is -0.384. The first kappa shape index (κ1) is 15.6. The number of carbonyl (C=O) groups is 2. The second-order valence-corrected chi connectivity index (χ2v) is 5.12. The molecule has 0 fully saturated rings. The van der Waals surface area contributed by atoms with E-state index in [0.29, 0.717) is 0 Å². The molecule has 0 unspecified atom stereocenters. The Balaban J connectivity index is 2.95. The first-order chi connectivity index (χ1) is 9.11. The van der Waals surface area contributed by atoms with E-state index < -0.39 is 22.3 Å².